The van der Waals surface area contributed by atoms with Gasteiger partial charge in [-0.15, -0.1) is 0 Å². The molecule has 5 amide bonds. The van der Waals surface area contributed by atoms with Gasteiger partial charge in [0.1, 0.15) is 29.9 Å². The monoisotopic (exact) mass is 1830 g/mol. The lowest BCUT2D eigenvalue weighted by Crippen LogP contribution is -2.49. The molecule has 4 aliphatic heterocycles. The van der Waals surface area contributed by atoms with E-state index in [1.165, 1.54) is 10.6 Å². The van der Waals surface area contributed by atoms with Crippen molar-refractivity contribution in [2.45, 2.75) is 27.7 Å². The first-order chi connectivity index (χ1) is 60.6. The average Bonchev–Trinajstić information content (AvgIpc) is 0.821. The van der Waals surface area contributed by atoms with E-state index in [0.717, 1.165) is 87.1 Å². The topological polar surface area (TPSA) is 345 Å². The van der Waals surface area contributed by atoms with Crippen LogP contribution in [0.2, 0.25) is 20.1 Å². The van der Waals surface area contributed by atoms with Gasteiger partial charge in [0, 0.05) is 160 Å². The largest absolute Gasteiger partial charge is 0.387 e. The van der Waals surface area contributed by atoms with Gasteiger partial charge < -0.3 is 50.9 Å². The Balaban J connectivity index is 0.000000144. The number of sulfone groups is 1. The average molecular weight is 1830 g/mol. The predicted octanol–water partition coefficient (Wildman–Crippen LogP) is 14.9. The number of aryl methyl sites for hydroxylation is 4. The van der Waals surface area contributed by atoms with E-state index in [9.17, 15) is 40.8 Å². The van der Waals surface area contributed by atoms with E-state index in [-0.39, 0.29) is 41.0 Å². The Morgan fingerprint density at radius 2 is 0.659 bits per heavy atom. The summed E-state index contributed by atoms with van der Waals surface area (Å²) in [5.41, 5.74) is 12.8. The third kappa shape index (κ3) is 23.9. The maximum atomic E-state index is 12.9. The molecular formula is C91H90Cl4N18O10S3. The van der Waals surface area contributed by atoms with E-state index >= 15 is 0 Å². The summed E-state index contributed by atoms with van der Waals surface area (Å²) < 4.78 is 48.2. The molecule has 0 spiro atoms. The second kappa shape index (κ2) is 42.3. The van der Waals surface area contributed by atoms with E-state index in [1.54, 1.807) is 148 Å². The molecule has 12 heterocycles. The highest BCUT2D eigenvalue weighted by molar-refractivity contribution is 7.99. The number of thioether (sulfide) groups is 1. The zero-order chi connectivity index (χ0) is 89.2. The summed E-state index contributed by atoms with van der Waals surface area (Å²) in [6.45, 7) is 13.7. The van der Waals surface area contributed by atoms with Crippen molar-refractivity contribution in [2.24, 2.45) is 0 Å². The molecule has 4 saturated heterocycles. The van der Waals surface area contributed by atoms with Crippen LogP contribution >= 0.6 is 58.2 Å². The number of aliphatic hydroxyl groups excluding tert-OH is 1. The van der Waals surface area contributed by atoms with E-state index < -0.39 is 26.5 Å². The van der Waals surface area contributed by atoms with Gasteiger partial charge in [0.25, 0.3) is 23.6 Å². The number of aromatic nitrogens is 8. The Hall–Kier alpha value is -12.0. The number of hydrogen-bond donors (Lipinski definition) is 5. The number of amides is 5. The molecular weight excluding hydrogens is 1740 g/mol. The summed E-state index contributed by atoms with van der Waals surface area (Å²) in [4.78, 5) is 109. The molecule has 4 aromatic carbocycles. The maximum Gasteiger partial charge on any atom is 0.257 e. The second-order valence-electron chi connectivity index (χ2n) is 29.6. The molecule has 4 aliphatic rings. The van der Waals surface area contributed by atoms with Gasteiger partial charge in [-0.1, -0.05) is 70.7 Å². The number of carbonyl (C=O) groups is 5. The Morgan fingerprint density at radius 3 is 0.921 bits per heavy atom. The first kappa shape index (κ1) is 91.7. The minimum atomic E-state index is -3.19. The first-order valence-corrected chi connectivity index (χ1v) is 46.6. The van der Waals surface area contributed by atoms with Gasteiger partial charge in [0.15, 0.2) is 9.84 Å². The van der Waals surface area contributed by atoms with Gasteiger partial charge in [-0.2, -0.15) is 16.1 Å². The minimum Gasteiger partial charge on any atom is -0.387 e. The number of benzene rings is 4. The predicted molar refractivity (Wildman–Crippen MR) is 501 cm³/mol. The van der Waals surface area contributed by atoms with E-state index in [4.69, 9.17) is 51.5 Å². The van der Waals surface area contributed by atoms with E-state index in [1.807, 2.05) is 126 Å². The SMILES string of the molecule is Cc1nc(N2CCN(C(=O)CO)CC2)ccc1C(=O)Nc1ccc(Cl)c(-c2ccccn2)c1.Cc1nc(N2CCN(S(C)(=O)=O)CC2)ccc1C(=O)Nc1ccc(Cl)c(-c2ccccn2)c1.Cc1nc(N2CCS(=O)(=O)CC2)ccc1C(=O)Nc1ccc(Cl)c(-c2ccccn2)c1.Cc1nc(N2CCSCC2)ccc1C(=O)Nc1ccc(Cl)c(-c2ccccn2)c1. The lowest BCUT2D eigenvalue weighted by atomic mass is 10.1. The van der Waals surface area contributed by atoms with Gasteiger partial charge in [-0.05, 0) is 198 Å². The molecule has 8 aromatic heterocycles. The van der Waals surface area contributed by atoms with Crippen molar-refractivity contribution < 1.29 is 45.9 Å². The van der Waals surface area contributed by atoms with E-state index in [0.29, 0.717) is 159 Å². The molecule has 650 valence electrons. The maximum absolute atomic E-state index is 12.9. The molecule has 0 aliphatic carbocycles. The van der Waals surface area contributed by atoms with Crippen LogP contribution in [0.4, 0.5) is 46.0 Å². The third-order valence-corrected chi connectivity index (χ3v) is 26.2. The molecule has 0 bridgehead atoms. The fourth-order valence-corrected chi connectivity index (χ4v) is 18.0. The number of nitrogens with zero attached hydrogens (tertiary/aromatic N) is 14. The summed E-state index contributed by atoms with van der Waals surface area (Å²) in [6.07, 6.45) is 8.00. The van der Waals surface area contributed by atoms with Crippen molar-refractivity contribution in [3.05, 3.63) is 284 Å². The first-order valence-electron chi connectivity index (χ1n) is 40.2. The van der Waals surface area contributed by atoms with Crippen molar-refractivity contribution in [3.8, 4) is 45.0 Å². The van der Waals surface area contributed by atoms with Gasteiger partial charge in [0.2, 0.25) is 15.9 Å². The number of anilines is 8. The fraction of sp³-hybridized carbons (Fsp3) is 0.242. The van der Waals surface area contributed by atoms with Crippen LogP contribution in [0.1, 0.15) is 64.2 Å². The van der Waals surface area contributed by atoms with Crippen molar-refractivity contribution in [3.63, 3.8) is 0 Å². The zero-order valence-corrected chi connectivity index (χ0v) is 74.9. The van der Waals surface area contributed by atoms with Crippen molar-refractivity contribution in [1.82, 2.24) is 49.1 Å². The highest BCUT2D eigenvalue weighted by atomic mass is 35.5. The smallest absolute Gasteiger partial charge is 0.257 e. The summed E-state index contributed by atoms with van der Waals surface area (Å²) in [7, 11) is -6.15. The molecule has 0 unspecified atom stereocenters. The zero-order valence-electron chi connectivity index (χ0n) is 69.4. The molecule has 12 aromatic rings. The van der Waals surface area contributed by atoms with Crippen LogP contribution in [0.5, 0.6) is 0 Å². The van der Waals surface area contributed by atoms with Crippen molar-refractivity contribution in [2.75, 3.05) is 155 Å². The molecule has 0 radical (unpaired) electrons. The molecule has 4 fully saturated rings. The van der Waals surface area contributed by atoms with Gasteiger partial charge in [-0.3, -0.25) is 43.9 Å². The number of rotatable bonds is 18. The highest BCUT2D eigenvalue weighted by Gasteiger charge is 2.29. The number of piperazine rings is 2. The number of halogens is 4. The van der Waals surface area contributed by atoms with Crippen LogP contribution in [0, 0.1) is 27.7 Å². The molecule has 16 rings (SSSR count). The number of hydrogen-bond acceptors (Lipinski definition) is 23. The third-order valence-electron chi connectivity index (χ3n) is 21.1. The molecule has 5 N–H and O–H groups in total. The number of nitrogens with one attached hydrogen (secondary N) is 4. The second-order valence-corrected chi connectivity index (χ2v) is 36.7. The normalized spacial score (nSPS) is 14.5. The Bertz CT molecular complexity index is 6170. The van der Waals surface area contributed by atoms with Crippen molar-refractivity contribution in [1.29, 1.82) is 0 Å². The van der Waals surface area contributed by atoms with Gasteiger partial charge in [0.05, 0.1) is 106 Å². The number of pyridine rings is 8. The van der Waals surface area contributed by atoms with Crippen LogP contribution in [0.15, 0.2) is 219 Å². The molecule has 126 heavy (non-hydrogen) atoms. The van der Waals surface area contributed by atoms with Crippen LogP contribution in [-0.2, 0) is 24.7 Å². The summed E-state index contributed by atoms with van der Waals surface area (Å²) in [6, 6.07) is 57.8. The number of sulfonamides is 1. The van der Waals surface area contributed by atoms with Crippen LogP contribution in [-0.4, -0.2) is 215 Å². The lowest BCUT2D eigenvalue weighted by molar-refractivity contribution is -0.134. The summed E-state index contributed by atoms with van der Waals surface area (Å²) >= 11 is 27.3. The van der Waals surface area contributed by atoms with E-state index in [2.05, 4.69) is 70.9 Å². The van der Waals surface area contributed by atoms with Crippen LogP contribution < -0.4 is 40.9 Å². The highest BCUT2D eigenvalue weighted by Crippen LogP contribution is 2.35. The van der Waals surface area contributed by atoms with Crippen LogP contribution in [0.25, 0.3) is 45.0 Å². The Kier molecular flexibility index (Phi) is 30.8. The number of carbonyl (C=O) groups excluding carboxylic acids is 5. The van der Waals surface area contributed by atoms with Crippen LogP contribution in [0.3, 0.4) is 0 Å². The fourth-order valence-electron chi connectivity index (χ4n) is 14.2. The Morgan fingerprint density at radius 1 is 0.381 bits per heavy atom. The number of aliphatic hydroxyl groups is 1. The lowest BCUT2D eigenvalue weighted by Gasteiger charge is -2.35. The molecule has 0 atom stereocenters. The van der Waals surface area contributed by atoms with Gasteiger partial charge in [-0.25, -0.2) is 36.8 Å². The molecule has 0 saturated carbocycles. The Labute approximate surface area is 755 Å². The molecule has 35 heteroatoms. The summed E-state index contributed by atoms with van der Waals surface area (Å²) in [5, 5.41) is 22.9. The summed E-state index contributed by atoms with van der Waals surface area (Å²) in [5.74, 6) is 4.26. The standard InChI is InChI=1S/C24H24ClN5O3.C23H24ClN5O3S.C22H21ClN4O3S.C22H21ClN4OS/c1-16-18(6-8-22(27-16)29-10-12-30(13-11-29)23(32)15-31)24(33)28-17-5-7-20(25)19(14-17)21-4-2-3-9-26-21;1-16-18(7-9-22(26-16)28-11-13-29(14-12-28)33(2,31)32)23(30)27-17-6-8-20(24)19(15-17)21-5-3-4-10-25-21;1-15-17(6-8-21(25-15)27-10-12-31(29,30)13-11-27)22(28)26-16-5-7-19(23)18(14-16)20-4-2-3-9-24-20;1-15-17(6-8-21(25-15)27-10-12-29-13-11-27)22(28)26-16-5-7-19(23)18(14-16)20-4-2-3-9-24-20/h2-9,14,31H,10-13,15H2,1H3,(H,28,33);3-10,15H,11-14H2,1-2H3,(H,27,30);2-9,14H,10-13H2,1H3,(H,26,28);2-9,14H,10-13H2,1H3,(H,26,28). The van der Waals surface area contributed by atoms with Crippen molar-refractivity contribution >= 4 is 154 Å². The quantitative estimate of drug-likeness (QED) is 0.0533. The minimum absolute atomic E-state index is 0.116. The van der Waals surface area contributed by atoms with Gasteiger partial charge >= 0.3 is 0 Å². The molecule has 28 nitrogen and oxygen atoms in total.